The van der Waals surface area contributed by atoms with Gasteiger partial charge in [-0.1, -0.05) is 36.6 Å². The fourth-order valence-corrected chi connectivity index (χ4v) is 5.52. The highest BCUT2D eigenvalue weighted by Crippen LogP contribution is 2.36. The average molecular weight is 469 g/mol. The van der Waals surface area contributed by atoms with Crippen molar-refractivity contribution in [3.8, 4) is 10.6 Å². The molecule has 2 aromatic heterocycles. The molecule has 6 nitrogen and oxygen atoms in total. The van der Waals surface area contributed by atoms with Crippen LogP contribution in [0.1, 0.15) is 48.7 Å². The van der Waals surface area contributed by atoms with Crippen molar-refractivity contribution in [1.29, 1.82) is 0 Å². The van der Waals surface area contributed by atoms with Gasteiger partial charge in [-0.05, 0) is 61.9 Å². The predicted molar refractivity (Wildman–Crippen MR) is 127 cm³/mol. The summed E-state index contributed by atoms with van der Waals surface area (Å²) in [6.07, 6.45) is 4.18. The molecular formula is C24H25ClN4O2S. The van der Waals surface area contributed by atoms with Crippen molar-refractivity contribution in [1.82, 2.24) is 15.1 Å². The maximum absolute atomic E-state index is 13.8. The van der Waals surface area contributed by atoms with Crippen molar-refractivity contribution in [2.75, 3.05) is 4.90 Å². The van der Waals surface area contributed by atoms with Crippen molar-refractivity contribution < 1.29 is 9.59 Å². The molecule has 2 aliphatic rings. The largest absolute Gasteiger partial charge is 0.351 e. The molecule has 0 radical (unpaired) electrons. The first-order valence-electron chi connectivity index (χ1n) is 10.9. The Hall–Kier alpha value is -2.64. The van der Waals surface area contributed by atoms with Crippen LogP contribution in [0.15, 0.2) is 41.8 Å². The molecule has 1 atom stereocenters. The molecule has 1 aliphatic heterocycles. The maximum atomic E-state index is 13.8. The number of hydrogen-bond donors (Lipinski definition) is 1. The van der Waals surface area contributed by atoms with Crippen LogP contribution in [0, 0.1) is 6.92 Å². The Balaban J connectivity index is 1.59. The summed E-state index contributed by atoms with van der Waals surface area (Å²) in [7, 11) is 0. The zero-order valence-corrected chi connectivity index (χ0v) is 19.7. The molecule has 0 saturated heterocycles. The number of hydrogen-bond acceptors (Lipinski definition) is 4. The Kier molecular flexibility index (Phi) is 5.34. The summed E-state index contributed by atoms with van der Waals surface area (Å²) in [5.74, 6) is -0.413. The molecule has 1 aliphatic carbocycles. The van der Waals surface area contributed by atoms with Crippen LogP contribution in [0.2, 0.25) is 5.02 Å². The number of anilines is 1. The minimum Gasteiger partial charge on any atom is -0.351 e. The van der Waals surface area contributed by atoms with Gasteiger partial charge in [-0.2, -0.15) is 5.10 Å². The highest BCUT2D eigenvalue weighted by atomic mass is 35.5. The zero-order chi connectivity index (χ0) is 22.5. The number of amides is 2. The Morgan fingerprint density at radius 2 is 2.03 bits per heavy atom. The van der Waals surface area contributed by atoms with E-state index in [-0.39, 0.29) is 24.4 Å². The second-order valence-corrected chi connectivity index (χ2v) is 10.2. The Morgan fingerprint density at radius 1 is 1.25 bits per heavy atom. The molecule has 166 valence electrons. The van der Waals surface area contributed by atoms with Crippen LogP contribution < -0.4 is 10.2 Å². The fraction of sp³-hybridized carbons (Fsp3) is 0.375. The number of carbonyl (C=O) groups is 2. The van der Waals surface area contributed by atoms with E-state index in [1.807, 2.05) is 49.6 Å². The maximum Gasteiger partial charge on any atom is 0.277 e. The number of rotatable bonds is 4. The average Bonchev–Trinajstić information content (AvgIpc) is 3.51. The number of aromatic nitrogens is 2. The van der Waals surface area contributed by atoms with Crippen LogP contribution in [-0.2, 0) is 11.3 Å². The van der Waals surface area contributed by atoms with Crippen LogP contribution in [0.3, 0.4) is 0 Å². The number of thiophene rings is 1. The number of carbonyl (C=O) groups excluding carboxylic acids is 2. The van der Waals surface area contributed by atoms with Crippen LogP contribution >= 0.6 is 22.9 Å². The molecule has 32 heavy (non-hydrogen) atoms. The third-order valence-corrected chi connectivity index (χ3v) is 7.82. The van der Waals surface area contributed by atoms with Gasteiger partial charge in [0.05, 0.1) is 11.4 Å². The lowest BCUT2D eigenvalue weighted by molar-refractivity contribution is -0.127. The third-order valence-electron chi connectivity index (χ3n) is 6.52. The molecule has 0 bridgehead atoms. The van der Waals surface area contributed by atoms with Crippen molar-refractivity contribution in [3.63, 3.8) is 0 Å². The molecule has 1 saturated carbocycles. The van der Waals surface area contributed by atoms with Crippen LogP contribution in [0.25, 0.3) is 10.6 Å². The van der Waals surface area contributed by atoms with Crippen LogP contribution in [-0.4, -0.2) is 33.2 Å². The summed E-state index contributed by atoms with van der Waals surface area (Å²) < 4.78 is 1.68. The molecule has 2 amide bonds. The minimum absolute atomic E-state index is 0.151. The summed E-state index contributed by atoms with van der Waals surface area (Å²) in [6.45, 7) is 4.00. The molecule has 5 rings (SSSR count). The number of aryl methyl sites for hydroxylation is 1. The van der Waals surface area contributed by atoms with Gasteiger partial charge >= 0.3 is 0 Å². The molecular weight excluding hydrogens is 444 g/mol. The van der Waals surface area contributed by atoms with Crippen molar-refractivity contribution in [2.24, 2.45) is 0 Å². The lowest BCUT2D eigenvalue weighted by Crippen LogP contribution is -2.65. The molecule has 3 aromatic rings. The Bertz CT molecular complexity index is 1180. The molecule has 0 spiro atoms. The molecule has 1 fully saturated rings. The smallest absolute Gasteiger partial charge is 0.277 e. The number of halogens is 1. The van der Waals surface area contributed by atoms with Gasteiger partial charge in [0.15, 0.2) is 0 Å². The van der Waals surface area contributed by atoms with E-state index < -0.39 is 5.54 Å². The number of nitrogens with one attached hydrogen (secondary N) is 1. The van der Waals surface area contributed by atoms with Gasteiger partial charge < -0.3 is 5.32 Å². The van der Waals surface area contributed by atoms with Gasteiger partial charge in [0.1, 0.15) is 16.9 Å². The van der Waals surface area contributed by atoms with Crippen molar-refractivity contribution >= 4 is 40.4 Å². The topological polar surface area (TPSA) is 67.2 Å². The van der Waals surface area contributed by atoms with Crippen LogP contribution in [0.5, 0.6) is 0 Å². The van der Waals surface area contributed by atoms with E-state index in [1.165, 1.54) is 0 Å². The summed E-state index contributed by atoms with van der Waals surface area (Å²) in [5, 5.41) is 10.4. The van der Waals surface area contributed by atoms with Gasteiger partial charge in [-0.3, -0.25) is 19.2 Å². The molecule has 0 unspecified atom stereocenters. The number of nitrogens with zero attached hydrogens (tertiary/aromatic N) is 3. The Labute approximate surface area is 196 Å². The summed E-state index contributed by atoms with van der Waals surface area (Å²) >= 11 is 7.98. The summed E-state index contributed by atoms with van der Waals surface area (Å²) in [5.41, 5.74) is 1.60. The van der Waals surface area contributed by atoms with Crippen molar-refractivity contribution in [3.05, 3.63) is 58.1 Å². The first-order valence-corrected chi connectivity index (χ1v) is 12.2. The SMILES string of the molecule is Cc1ccc(N2C(=O)c3cc(-c4cccs4)nn3C[C@]2(C)C(=O)NC2CCCC2)cc1Cl. The van der Waals surface area contributed by atoms with E-state index >= 15 is 0 Å². The number of fused-ring (bicyclic) bond motifs is 1. The lowest BCUT2D eigenvalue weighted by Gasteiger charge is -2.43. The molecule has 3 heterocycles. The molecule has 1 N–H and O–H groups in total. The Morgan fingerprint density at radius 3 is 2.72 bits per heavy atom. The summed E-state index contributed by atoms with van der Waals surface area (Å²) in [4.78, 5) is 30.0. The van der Waals surface area contributed by atoms with Crippen molar-refractivity contribution in [2.45, 2.75) is 57.7 Å². The van der Waals surface area contributed by atoms with E-state index in [4.69, 9.17) is 11.6 Å². The molecule has 1 aromatic carbocycles. The van der Waals surface area contributed by atoms with E-state index in [0.717, 1.165) is 41.8 Å². The minimum atomic E-state index is -1.13. The van der Waals surface area contributed by atoms with E-state index in [0.29, 0.717) is 16.4 Å². The lowest BCUT2D eigenvalue weighted by atomic mass is 9.93. The number of benzene rings is 1. The van der Waals surface area contributed by atoms with Crippen LogP contribution in [0.4, 0.5) is 5.69 Å². The van der Waals surface area contributed by atoms with Gasteiger partial charge in [-0.15, -0.1) is 11.3 Å². The zero-order valence-electron chi connectivity index (χ0n) is 18.1. The summed E-state index contributed by atoms with van der Waals surface area (Å²) in [6, 6.07) is 11.4. The van der Waals surface area contributed by atoms with Gasteiger partial charge in [-0.25, -0.2) is 0 Å². The third kappa shape index (κ3) is 3.53. The fourth-order valence-electron chi connectivity index (χ4n) is 4.66. The monoisotopic (exact) mass is 468 g/mol. The van der Waals surface area contributed by atoms with Gasteiger partial charge in [0, 0.05) is 16.8 Å². The van der Waals surface area contributed by atoms with E-state index in [2.05, 4.69) is 10.4 Å². The van der Waals surface area contributed by atoms with E-state index in [9.17, 15) is 9.59 Å². The highest BCUT2D eigenvalue weighted by Gasteiger charge is 2.49. The van der Waals surface area contributed by atoms with Gasteiger partial charge in [0.2, 0.25) is 5.91 Å². The quantitative estimate of drug-likeness (QED) is 0.582. The second kappa shape index (κ2) is 8.05. The van der Waals surface area contributed by atoms with Gasteiger partial charge in [0.25, 0.3) is 5.91 Å². The second-order valence-electron chi connectivity index (χ2n) is 8.85. The normalized spacial score (nSPS) is 21.1. The van der Waals surface area contributed by atoms with E-state index in [1.54, 1.807) is 27.0 Å². The predicted octanol–water partition coefficient (Wildman–Crippen LogP) is 5.05. The standard InChI is InChI=1S/C24H25ClN4O2S/c1-15-9-10-17(12-18(15)25)29-22(30)20-13-19(21-8-5-11-32-21)27-28(20)14-24(29,2)23(31)26-16-6-3-4-7-16/h5,8-13,16H,3-4,6-7,14H2,1-2H3,(H,26,31)/t24-/m1/s1. The first kappa shape index (κ1) is 21.2. The highest BCUT2D eigenvalue weighted by molar-refractivity contribution is 7.13. The molecule has 8 heteroatoms. The first-order chi connectivity index (χ1) is 15.4.